The summed E-state index contributed by atoms with van der Waals surface area (Å²) in [6.45, 7) is 4.53. The number of hydrogen-bond acceptors (Lipinski definition) is 4. The molecule has 2 atom stereocenters. The molecule has 0 heterocycles. The number of esters is 2. The van der Waals surface area contributed by atoms with Crippen LogP contribution in [0.1, 0.15) is 33.6 Å². The molecule has 0 bridgehead atoms. The molecule has 1 aliphatic rings. The summed E-state index contributed by atoms with van der Waals surface area (Å²) in [4.78, 5) is 21.9. The van der Waals surface area contributed by atoms with E-state index < -0.39 is 6.10 Å². The highest BCUT2D eigenvalue weighted by Crippen LogP contribution is 2.29. The number of carbonyl (C=O) groups excluding carboxylic acids is 2. The van der Waals surface area contributed by atoms with Gasteiger partial charge in [-0.15, -0.1) is 6.42 Å². The van der Waals surface area contributed by atoms with Crippen LogP contribution in [0.2, 0.25) is 0 Å². The monoisotopic (exact) mass is 236 g/mol. The van der Waals surface area contributed by atoms with E-state index in [1.165, 1.54) is 13.8 Å². The van der Waals surface area contributed by atoms with Crippen molar-refractivity contribution in [2.75, 3.05) is 0 Å². The Morgan fingerprint density at radius 3 is 2.35 bits per heavy atom. The fourth-order valence-corrected chi connectivity index (χ4v) is 1.92. The summed E-state index contributed by atoms with van der Waals surface area (Å²) in [7, 11) is 0. The van der Waals surface area contributed by atoms with Gasteiger partial charge in [0.15, 0.2) is 0 Å². The molecule has 0 amide bonds. The van der Waals surface area contributed by atoms with Crippen LogP contribution >= 0.6 is 0 Å². The molecule has 1 aliphatic carbocycles. The molecule has 0 aliphatic heterocycles. The van der Waals surface area contributed by atoms with Crippen molar-refractivity contribution in [1.29, 1.82) is 0 Å². The lowest BCUT2D eigenvalue weighted by atomic mass is 9.88. The van der Waals surface area contributed by atoms with Gasteiger partial charge < -0.3 is 9.47 Å². The number of hydrogen-bond donors (Lipinski definition) is 0. The third-order valence-corrected chi connectivity index (χ3v) is 2.68. The van der Waals surface area contributed by atoms with E-state index in [1.54, 1.807) is 0 Å². The number of carbonyl (C=O) groups is 2. The molecule has 0 aromatic carbocycles. The predicted molar refractivity (Wildman–Crippen MR) is 61.9 cm³/mol. The molecular formula is C13H16O4. The van der Waals surface area contributed by atoms with Crippen LogP contribution in [0.5, 0.6) is 0 Å². The second-order valence-electron chi connectivity index (χ2n) is 4.08. The lowest BCUT2D eigenvalue weighted by molar-refractivity contribution is -0.151. The van der Waals surface area contributed by atoms with Crippen LogP contribution in [0.25, 0.3) is 0 Å². The third-order valence-electron chi connectivity index (χ3n) is 2.68. The molecule has 0 aromatic rings. The van der Waals surface area contributed by atoms with Gasteiger partial charge in [-0.2, -0.15) is 0 Å². The Labute approximate surface area is 101 Å². The maximum atomic E-state index is 11.0. The maximum absolute atomic E-state index is 11.0. The first-order chi connectivity index (χ1) is 7.93. The fraction of sp³-hybridized carbons (Fsp3) is 0.538. The van der Waals surface area contributed by atoms with Gasteiger partial charge in [0.25, 0.3) is 0 Å². The van der Waals surface area contributed by atoms with Crippen LogP contribution in [0.15, 0.2) is 11.1 Å². The van der Waals surface area contributed by atoms with Crippen molar-refractivity contribution in [3.05, 3.63) is 11.1 Å². The minimum atomic E-state index is -0.392. The standard InChI is InChI=1S/C13H16O4/c1-5-11-6-12(16-9(3)14)7-13(8(11)2)17-10(4)15/h1,12-13H,6-7H2,2-4H3/t12-,13-/m0/s1. The summed E-state index contributed by atoms with van der Waals surface area (Å²) < 4.78 is 10.3. The number of terminal acetylenes is 1. The lowest BCUT2D eigenvalue weighted by Crippen LogP contribution is -2.32. The van der Waals surface area contributed by atoms with Crippen LogP contribution in [-0.2, 0) is 19.1 Å². The molecular weight excluding hydrogens is 220 g/mol. The van der Waals surface area contributed by atoms with Gasteiger partial charge in [-0.25, -0.2) is 0 Å². The highest BCUT2D eigenvalue weighted by atomic mass is 16.6. The van der Waals surface area contributed by atoms with Crippen molar-refractivity contribution in [2.24, 2.45) is 0 Å². The van der Waals surface area contributed by atoms with Crippen molar-refractivity contribution in [3.63, 3.8) is 0 Å². The molecule has 1 rings (SSSR count). The summed E-state index contributed by atoms with van der Waals surface area (Å²) in [6, 6.07) is 0. The summed E-state index contributed by atoms with van der Waals surface area (Å²) in [5, 5.41) is 0. The van der Waals surface area contributed by atoms with Gasteiger partial charge >= 0.3 is 11.9 Å². The minimum Gasteiger partial charge on any atom is -0.462 e. The van der Waals surface area contributed by atoms with E-state index in [2.05, 4.69) is 5.92 Å². The zero-order chi connectivity index (χ0) is 13.0. The first kappa shape index (κ1) is 13.3. The number of rotatable bonds is 2. The van der Waals surface area contributed by atoms with E-state index in [4.69, 9.17) is 15.9 Å². The summed E-state index contributed by atoms with van der Waals surface area (Å²) in [6.07, 6.45) is 5.67. The Morgan fingerprint density at radius 1 is 1.29 bits per heavy atom. The lowest BCUT2D eigenvalue weighted by Gasteiger charge is -2.29. The Bertz CT molecular complexity index is 400. The molecule has 0 aromatic heterocycles. The van der Waals surface area contributed by atoms with Gasteiger partial charge in [0, 0.05) is 32.3 Å². The molecule has 92 valence electrons. The summed E-state index contributed by atoms with van der Waals surface area (Å²) >= 11 is 0. The van der Waals surface area contributed by atoms with Gasteiger partial charge in [-0.05, 0) is 12.5 Å². The van der Waals surface area contributed by atoms with E-state index in [-0.39, 0.29) is 18.0 Å². The SMILES string of the molecule is C#CC1=C(C)[C@@H](OC(C)=O)C[C@@H](OC(C)=O)C1. The second-order valence-corrected chi connectivity index (χ2v) is 4.08. The topological polar surface area (TPSA) is 52.6 Å². The average Bonchev–Trinajstić information content (AvgIpc) is 2.21. The zero-order valence-electron chi connectivity index (χ0n) is 10.3. The first-order valence-electron chi connectivity index (χ1n) is 5.44. The fourth-order valence-electron chi connectivity index (χ4n) is 1.92. The van der Waals surface area contributed by atoms with E-state index in [0.29, 0.717) is 12.8 Å². The molecule has 4 nitrogen and oxygen atoms in total. The Hall–Kier alpha value is -1.76. The smallest absolute Gasteiger partial charge is 0.303 e. The van der Waals surface area contributed by atoms with Crippen LogP contribution < -0.4 is 0 Å². The molecule has 4 heteroatoms. The molecule has 0 unspecified atom stereocenters. The Kier molecular flexibility index (Phi) is 4.33. The highest BCUT2D eigenvalue weighted by Gasteiger charge is 2.30. The van der Waals surface area contributed by atoms with Gasteiger partial charge in [-0.3, -0.25) is 9.59 Å². The zero-order valence-corrected chi connectivity index (χ0v) is 10.3. The molecule has 0 spiro atoms. The highest BCUT2D eigenvalue weighted by molar-refractivity contribution is 5.67. The van der Waals surface area contributed by atoms with Crippen molar-refractivity contribution >= 4 is 11.9 Å². The van der Waals surface area contributed by atoms with Gasteiger partial charge in [0.1, 0.15) is 12.2 Å². The van der Waals surface area contributed by atoms with Gasteiger partial charge in [0.2, 0.25) is 0 Å². The van der Waals surface area contributed by atoms with Gasteiger partial charge in [0.05, 0.1) is 0 Å². The van der Waals surface area contributed by atoms with Crippen LogP contribution in [0.3, 0.4) is 0 Å². The third kappa shape index (κ3) is 3.63. The van der Waals surface area contributed by atoms with E-state index >= 15 is 0 Å². The van der Waals surface area contributed by atoms with E-state index in [1.807, 2.05) is 6.92 Å². The van der Waals surface area contributed by atoms with E-state index in [9.17, 15) is 9.59 Å². The van der Waals surface area contributed by atoms with Crippen molar-refractivity contribution in [1.82, 2.24) is 0 Å². The summed E-state index contributed by atoms with van der Waals surface area (Å²) in [5.74, 6) is 1.84. The molecule has 0 radical (unpaired) electrons. The normalized spacial score (nSPS) is 23.9. The van der Waals surface area contributed by atoms with Crippen molar-refractivity contribution < 1.29 is 19.1 Å². The summed E-state index contributed by atoms with van der Waals surface area (Å²) in [5.41, 5.74) is 1.61. The number of ether oxygens (including phenoxy) is 2. The van der Waals surface area contributed by atoms with Crippen LogP contribution in [-0.4, -0.2) is 24.1 Å². The average molecular weight is 236 g/mol. The van der Waals surface area contributed by atoms with Crippen LogP contribution in [0, 0.1) is 12.3 Å². The van der Waals surface area contributed by atoms with Gasteiger partial charge in [-0.1, -0.05) is 5.92 Å². The van der Waals surface area contributed by atoms with Crippen molar-refractivity contribution in [2.45, 2.75) is 45.8 Å². The first-order valence-corrected chi connectivity index (χ1v) is 5.44. The van der Waals surface area contributed by atoms with Crippen molar-refractivity contribution in [3.8, 4) is 12.3 Å². The second kappa shape index (κ2) is 5.53. The molecule has 0 saturated heterocycles. The molecule has 0 saturated carbocycles. The predicted octanol–water partition coefficient (Wildman–Crippen LogP) is 1.59. The maximum Gasteiger partial charge on any atom is 0.303 e. The Morgan fingerprint density at radius 2 is 1.88 bits per heavy atom. The largest absolute Gasteiger partial charge is 0.462 e. The molecule has 17 heavy (non-hydrogen) atoms. The quantitative estimate of drug-likeness (QED) is 0.539. The van der Waals surface area contributed by atoms with E-state index in [0.717, 1.165) is 11.1 Å². The minimum absolute atomic E-state index is 0.313. The molecule has 0 N–H and O–H groups in total. The Balaban J connectivity index is 2.86. The van der Waals surface area contributed by atoms with Crippen LogP contribution in [0.4, 0.5) is 0 Å². The molecule has 0 fully saturated rings.